The molecule has 1 aliphatic rings. The fourth-order valence-corrected chi connectivity index (χ4v) is 3.81. The SMILES string of the molecule is CCc1cc(OC)c(F)c(COc2cnc(Nc3ccn(C[C@H]4COC(C)(C)O4)c(=O)c3)nc2)c1F. The molecule has 1 atom stereocenters. The van der Waals surface area contributed by atoms with Gasteiger partial charge in [-0.3, -0.25) is 4.79 Å². The number of anilines is 2. The van der Waals surface area contributed by atoms with Gasteiger partial charge in [0, 0.05) is 18.0 Å². The number of aryl methyl sites for hydroxylation is 1. The van der Waals surface area contributed by atoms with Crippen molar-refractivity contribution in [3.05, 3.63) is 69.9 Å². The zero-order valence-electron chi connectivity index (χ0n) is 20.5. The summed E-state index contributed by atoms with van der Waals surface area (Å²) >= 11 is 0. The van der Waals surface area contributed by atoms with Crippen molar-refractivity contribution in [2.75, 3.05) is 19.0 Å². The van der Waals surface area contributed by atoms with Crippen LogP contribution < -0.4 is 20.3 Å². The number of halogens is 2. The van der Waals surface area contributed by atoms with E-state index in [-0.39, 0.29) is 41.3 Å². The third-order valence-corrected chi connectivity index (χ3v) is 5.67. The fraction of sp³-hybridized carbons (Fsp3) is 0.400. The Morgan fingerprint density at radius 3 is 2.58 bits per heavy atom. The maximum atomic E-state index is 14.6. The molecule has 9 nitrogen and oxygen atoms in total. The van der Waals surface area contributed by atoms with Gasteiger partial charge in [0.15, 0.2) is 23.1 Å². The first kappa shape index (κ1) is 25.5. The Labute approximate surface area is 207 Å². The van der Waals surface area contributed by atoms with Gasteiger partial charge < -0.3 is 28.8 Å². The number of aromatic nitrogens is 3. The maximum Gasteiger partial charge on any atom is 0.252 e. The number of methoxy groups -OCH3 is 1. The summed E-state index contributed by atoms with van der Waals surface area (Å²) in [6, 6.07) is 4.48. The number of pyridine rings is 1. The molecule has 3 aromatic rings. The molecule has 1 N–H and O–H groups in total. The quantitative estimate of drug-likeness (QED) is 0.470. The average Bonchev–Trinajstić information content (AvgIpc) is 3.20. The van der Waals surface area contributed by atoms with Crippen LogP contribution in [-0.4, -0.2) is 40.1 Å². The first-order chi connectivity index (χ1) is 17.2. The summed E-state index contributed by atoms with van der Waals surface area (Å²) in [6.07, 6.45) is 4.56. The number of hydrogen-bond donors (Lipinski definition) is 1. The van der Waals surface area contributed by atoms with Crippen LogP contribution in [0, 0.1) is 11.6 Å². The smallest absolute Gasteiger partial charge is 0.252 e. The van der Waals surface area contributed by atoms with E-state index in [4.69, 9.17) is 18.9 Å². The lowest BCUT2D eigenvalue weighted by Gasteiger charge is -2.17. The van der Waals surface area contributed by atoms with Gasteiger partial charge in [-0.1, -0.05) is 6.92 Å². The van der Waals surface area contributed by atoms with Crippen molar-refractivity contribution in [2.45, 2.75) is 52.2 Å². The van der Waals surface area contributed by atoms with Crippen LogP contribution >= 0.6 is 0 Å². The summed E-state index contributed by atoms with van der Waals surface area (Å²) in [5, 5.41) is 2.94. The van der Waals surface area contributed by atoms with Gasteiger partial charge in [-0.15, -0.1) is 0 Å². The van der Waals surface area contributed by atoms with Crippen molar-refractivity contribution in [1.82, 2.24) is 14.5 Å². The van der Waals surface area contributed by atoms with Crippen LogP contribution in [0.25, 0.3) is 0 Å². The molecule has 11 heteroatoms. The molecule has 4 rings (SSSR count). The number of hydrogen-bond acceptors (Lipinski definition) is 8. The average molecular weight is 503 g/mol. The van der Waals surface area contributed by atoms with Gasteiger partial charge in [-0.2, -0.15) is 0 Å². The molecule has 2 aromatic heterocycles. The van der Waals surface area contributed by atoms with Gasteiger partial charge in [0.1, 0.15) is 18.5 Å². The van der Waals surface area contributed by atoms with E-state index in [0.717, 1.165) is 0 Å². The van der Waals surface area contributed by atoms with Crippen LogP contribution in [0.5, 0.6) is 11.5 Å². The first-order valence-corrected chi connectivity index (χ1v) is 11.5. The topological polar surface area (TPSA) is 96.7 Å². The van der Waals surface area contributed by atoms with Crippen LogP contribution in [0.2, 0.25) is 0 Å². The molecule has 0 bridgehead atoms. The molecule has 1 saturated heterocycles. The second-order valence-corrected chi connectivity index (χ2v) is 8.71. The predicted octanol–water partition coefficient (Wildman–Crippen LogP) is 3.96. The second kappa shape index (κ2) is 10.6. The molecule has 192 valence electrons. The minimum Gasteiger partial charge on any atom is -0.494 e. The fourth-order valence-electron chi connectivity index (χ4n) is 3.81. The number of benzene rings is 1. The summed E-state index contributed by atoms with van der Waals surface area (Å²) < 4.78 is 52.5. The van der Waals surface area contributed by atoms with Gasteiger partial charge in [0.2, 0.25) is 5.95 Å². The Balaban J connectivity index is 1.38. The molecule has 3 heterocycles. The molecule has 36 heavy (non-hydrogen) atoms. The molecule has 1 fully saturated rings. The minimum atomic E-state index is -0.808. The van der Waals surface area contributed by atoms with E-state index >= 15 is 0 Å². The Kier molecular flexibility index (Phi) is 7.51. The summed E-state index contributed by atoms with van der Waals surface area (Å²) in [5.74, 6) is -1.73. The van der Waals surface area contributed by atoms with Crippen molar-refractivity contribution < 1.29 is 27.7 Å². The molecular formula is C25H28F2N4O5. The van der Waals surface area contributed by atoms with Gasteiger partial charge in [0.25, 0.3) is 5.56 Å². The second-order valence-electron chi connectivity index (χ2n) is 8.71. The highest BCUT2D eigenvalue weighted by atomic mass is 19.1. The van der Waals surface area contributed by atoms with Crippen molar-refractivity contribution >= 4 is 11.6 Å². The monoisotopic (exact) mass is 502 g/mol. The largest absolute Gasteiger partial charge is 0.494 e. The van der Waals surface area contributed by atoms with Crippen molar-refractivity contribution in [3.8, 4) is 11.5 Å². The van der Waals surface area contributed by atoms with E-state index < -0.39 is 17.4 Å². The van der Waals surface area contributed by atoms with E-state index in [2.05, 4.69) is 15.3 Å². The lowest BCUT2D eigenvalue weighted by Crippen LogP contribution is -2.29. The molecule has 1 aliphatic heterocycles. The number of nitrogens with one attached hydrogen (secondary N) is 1. The molecule has 0 amide bonds. The predicted molar refractivity (Wildman–Crippen MR) is 128 cm³/mol. The van der Waals surface area contributed by atoms with Crippen LogP contribution in [0.15, 0.2) is 41.6 Å². The summed E-state index contributed by atoms with van der Waals surface area (Å²) in [7, 11) is 1.32. The molecule has 0 saturated carbocycles. The van der Waals surface area contributed by atoms with E-state index in [0.29, 0.717) is 30.8 Å². The molecule has 0 aliphatic carbocycles. The first-order valence-electron chi connectivity index (χ1n) is 11.5. The van der Waals surface area contributed by atoms with E-state index in [1.165, 1.54) is 31.6 Å². The normalized spacial score (nSPS) is 16.7. The van der Waals surface area contributed by atoms with Gasteiger partial charge in [-0.05, 0) is 38.0 Å². The third kappa shape index (κ3) is 5.80. The van der Waals surface area contributed by atoms with E-state index in [9.17, 15) is 13.6 Å². The third-order valence-electron chi connectivity index (χ3n) is 5.67. The maximum absolute atomic E-state index is 14.6. The minimum absolute atomic E-state index is 0.0440. The van der Waals surface area contributed by atoms with Gasteiger partial charge in [-0.25, -0.2) is 18.7 Å². The summed E-state index contributed by atoms with van der Waals surface area (Å²) in [5.41, 5.74) is 0.383. The van der Waals surface area contributed by atoms with Crippen LogP contribution in [-0.2, 0) is 29.0 Å². The highest BCUT2D eigenvalue weighted by Gasteiger charge is 2.32. The number of rotatable bonds is 9. The molecule has 0 unspecified atom stereocenters. The van der Waals surface area contributed by atoms with Crippen LogP contribution in [0.1, 0.15) is 31.9 Å². The Morgan fingerprint density at radius 1 is 1.22 bits per heavy atom. The van der Waals surface area contributed by atoms with E-state index in [1.807, 2.05) is 13.8 Å². The van der Waals surface area contributed by atoms with Crippen molar-refractivity contribution in [2.24, 2.45) is 0 Å². The molecule has 0 spiro atoms. The molecule has 0 radical (unpaired) electrons. The highest BCUT2D eigenvalue weighted by molar-refractivity contribution is 5.51. The summed E-state index contributed by atoms with van der Waals surface area (Å²) in [6.45, 7) is 5.86. The lowest BCUT2D eigenvalue weighted by atomic mass is 10.1. The zero-order chi connectivity index (χ0) is 25.9. The summed E-state index contributed by atoms with van der Waals surface area (Å²) in [4.78, 5) is 20.8. The van der Waals surface area contributed by atoms with Gasteiger partial charge >= 0.3 is 0 Å². The highest BCUT2D eigenvalue weighted by Crippen LogP contribution is 2.28. The molecular weight excluding hydrogens is 474 g/mol. The zero-order valence-corrected chi connectivity index (χ0v) is 20.5. The standard InChI is InChI=1S/C25H28F2N4O5/c1-5-15-8-20(33-4)23(27)19(22(15)26)14-34-17-10-28-24(29-11-17)30-16-6-7-31(21(32)9-16)12-18-13-35-25(2,3)36-18/h6-11,18H,5,12-14H2,1-4H3,(H,28,29,30)/t18-/m0/s1. The Bertz CT molecular complexity index is 1250. The van der Waals surface area contributed by atoms with Crippen molar-refractivity contribution in [3.63, 3.8) is 0 Å². The number of ether oxygens (including phenoxy) is 4. The van der Waals surface area contributed by atoms with Crippen LogP contribution in [0.3, 0.4) is 0 Å². The Hall–Kier alpha value is -3.57. The Morgan fingerprint density at radius 2 is 1.97 bits per heavy atom. The molecule has 1 aromatic carbocycles. The lowest BCUT2D eigenvalue weighted by molar-refractivity contribution is -0.139. The van der Waals surface area contributed by atoms with Gasteiger partial charge in [0.05, 0.1) is 38.2 Å². The van der Waals surface area contributed by atoms with Crippen LogP contribution in [0.4, 0.5) is 20.4 Å². The van der Waals surface area contributed by atoms with Crippen molar-refractivity contribution in [1.29, 1.82) is 0 Å². The van der Waals surface area contributed by atoms with E-state index in [1.54, 1.807) is 23.8 Å². The number of nitrogens with zero attached hydrogens (tertiary/aromatic N) is 3.